The van der Waals surface area contributed by atoms with E-state index in [-0.39, 0.29) is 6.04 Å². The van der Waals surface area contributed by atoms with Crippen molar-refractivity contribution >= 4 is 33.6 Å². The van der Waals surface area contributed by atoms with Crippen LogP contribution in [0.5, 0.6) is 5.75 Å². The molecule has 1 aromatic carbocycles. The number of carboxylic acid groups (broad SMARTS) is 1. The molecule has 0 unspecified atom stereocenters. The van der Waals surface area contributed by atoms with Gasteiger partial charge in [-0.25, -0.2) is 4.79 Å². The number of fused-ring (bicyclic) bond motifs is 2. The lowest BCUT2D eigenvalue weighted by Gasteiger charge is -2.38. The zero-order valence-corrected chi connectivity index (χ0v) is 13.0. The van der Waals surface area contributed by atoms with Gasteiger partial charge in [-0.05, 0) is 22.0 Å². The molecule has 2 aliphatic heterocycles. The molecule has 1 N–H and O–H groups in total. The minimum absolute atomic E-state index is 0.0714. The molecule has 0 spiro atoms. The van der Waals surface area contributed by atoms with Crippen LogP contribution >= 0.6 is 27.5 Å². The Morgan fingerprint density at radius 2 is 2.25 bits per heavy atom. The fourth-order valence-corrected chi connectivity index (χ4v) is 3.23. The lowest BCUT2D eigenvalue weighted by Crippen LogP contribution is -2.55. The van der Waals surface area contributed by atoms with Crippen LogP contribution in [0.1, 0.15) is 5.56 Å². The van der Waals surface area contributed by atoms with Crippen molar-refractivity contribution in [2.45, 2.75) is 12.6 Å². The predicted molar refractivity (Wildman–Crippen MR) is 78.4 cm³/mol. The molecule has 1 atom stereocenters. The Morgan fingerprint density at radius 3 is 3.00 bits per heavy atom. The van der Waals surface area contributed by atoms with Crippen molar-refractivity contribution in [3.05, 3.63) is 27.2 Å². The Morgan fingerprint density at radius 1 is 1.45 bits per heavy atom. The lowest BCUT2D eigenvalue weighted by atomic mass is 10.1. The van der Waals surface area contributed by atoms with E-state index in [1.54, 1.807) is 0 Å². The zero-order valence-electron chi connectivity index (χ0n) is 10.7. The molecule has 2 aliphatic rings. The van der Waals surface area contributed by atoms with E-state index in [1.165, 1.54) is 4.90 Å². The molecule has 0 saturated carbocycles. The van der Waals surface area contributed by atoms with Crippen molar-refractivity contribution in [1.82, 2.24) is 9.80 Å². The van der Waals surface area contributed by atoms with Gasteiger partial charge in [0.1, 0.15) is 12.4 Å². The zero-order chi connectivity index (χ0) is 14.3. The predicted octanol–water partition coefficient (Wildman–Crippen LogP) is 2.66. The fourth-order valence-electron chi connectivity index (χ4n) is 2.68. The largest absolute Gasteiger partial charge is 0.490 e. The number of amides is 1. The van der Waals surface area contributed by atoms with Gasteiger partial charge < -0.3 is 14.7 Å². The number of benzene rings is 1. The highest BCUT2D eigenvalue weighted by Gasteiger charge is 2.33. The van der Waals surface area contributed by atoms with Gasteiger partial charge in [0.2, 0.25) is 0 Å². The molecule has 20 heavy (non-hydrogen) atoms. The normalized spacial score (nSPS) is 22.5. The minimum atomic E-state index is -0.868. The molecule has 0 aromatic heterocycles. The van der Waals surface area contributed by atoms with Gasteiger partial charge in [0.25, 0.3) is 0 Å². The van der Waals surface area contributed by atoms with Crippen molar-refractivity contribution in [3.8, 4) is 5.75 Å². The first kappa shape index (κ1) is 14.0. The van der Waals surface area contributed by atoms with Crippen LogP contribution in [0, 0.1) is 0 Å². The van der Waals surface area contributed by atoms with Crippen LogP contribution in [0.2, 0.25) is 5.02 Å². The molecule has 5 nitrogen and oxygen atoms in total. The first-order chi connectivity index (χ1) is 9.56. The summed E-state index contributed by atoms with van der Waals surface area (Å²) in [6, 6.07) is 3.98. The van der Waals surface area contributed by atoms with E-state index in [2.05, 4.69) is 20.8 Å². The number of piperazine rings is 1. The summed E-state index contributed by atoms with van der Waals surface area (Å²) < 4.78 is 6.64. The second-order valence-corrected chi connectivity index (χ2v) is 6.25. The second-order valence-electron chi connectivity index (χ2n) is 5.01. The van der Waals surface area contributed by atoms with E-state index in [0.29, 0.717) is 37.0 Å². The topological polar surface area (TPSA) is 53.0 Å². The van der Waals surface area contributed by atoms with E-state index in [4.69, 9.17) is 21.4 Å². The Labute approximate surface area is 130 Å². The van der Waals surface area contributed by atoms with Crippen LogP contribution in [0.15, 0.2) is 16.6 Å². The highest BCUT2D eigenvalue weighted by Crippen LogP contribution is 2.38. The summed E-state index contributed by atoms with van der Waals surface area (Å²) >= 11 is 9.66. The maximum atomic E-state index is 11.1. The van der Waals surface area contributed by atoms with Crippen molar-refractivity contribution in [1.29, 1.82) is 0 Å². The standard InChI is InChI=1S/C13H14BrClN2O3/c14-10-2-1-8-5-16-3-4-17(13(18)19)6-9(16)7-20-12(8)11(10)15/h1-2,9H,3-7H2,(H,18,19)/t9-/m1/s1. The van der Waals surface area contributed by atoms with E-state index < -0.39 is 6.09 Å². The number of rotatable bonds is 0. The third kappa shape index (κ3) is 2.47. The maximum Gasteiger partial charge on any atom is 0.407 e. The minimum Gasteiger partial charge on any atom is -0.490 e. The Bertz CT molecular complexity index is 555. The third-order valence-electron chi connectivity index (χ3n) is 3.80. The molecule has 0 aliphatic carbocycles. The molecule has 0 bridgehead atoms. The molecule has 2 heterocycles. The fraction of sp³-hybridized carbons (Fsp3) is 0.462. The summed E-state index contributed by atoms with van der Waals surface area (Å²) in [5.41, 5.74) is 1.05. The Balaban J connectivity index is 1.85. The van der Waals surface area contributed by atoms with Gasteiger partial charge in [0, 0.05) is 36.2 Å². The van der Waals surface area contributed by atoms with Crippen LogP contribution in [-0.4, -0.2) is 53.3 Å². The maximum absolute atomic E-state index is 11.1. The molecule has 1 amide bonds. The molecule has 108 valence electrons. The molecule has 1 fully saturated rings. The summed E-state index contributed by atoms with van der Waals surface area (Å²) in [4.78, 5) is 14.8. The van der Waals surface area contributed by atoms with E-state index in [1.807, 2.05) is 12.1 Å². The van der Waals surface area contributed by atoms with Gasteiger partial charge in [-0.3, -0.25) is 4.90 Å². The molecule has 3 rings (SSSR count). The molecule has 1 saturated heterocycles. The number of hydrogen-bond donors (Lipinski definition) is 1. The Hall–Kier alpha value is -0.980. The number of ether oxygens (including phenoxy) is 1. The Kier molecular flexibility index (Phi) is 3.79. The monoisotopic (exact) mass is 360 g/mol. The number of carbonyl (C=O) groups is 1. The van der Waals surface area contributed by atoms with Crippen LogP contribution in [0.4, 0.5) is 4.79 Å². The third-order valence-corrected chi connectivity index (χ3v) is 5.06. The number of halogens is 2. The first-order valence-electron chi connectivity index (χ1n) is 6.38. The van der Waals surface area contributed by atoms with Crippen molar-refractivity contribution in [2.24, 2.45) is 0 Å². The van der Waals surface area contributed by atoms with Crippen molar-refractivity contribution in [2.75, 3.05) is 26.2 Å². The molecular formula is C13H14BrClN2O3. The first-order valence-corrected chi connectivity index (χ1v) is 7.55. The van der Waals surface area contributed by atoms with Crippen LogP contribution in [0.3, 0.4) is 0 Å². The van der Waals surface area contributed by atoms with Gasteiger partial charge in [-0.1, -0.05) is 17.7 Å². The summed E-state index contributed by atoms with van der Waals surface area (Å²) in [5.74, 6) is 0.706. The molecule has 0 radical (unpaired) electrons. The van der Waals surface area contributed by atoms with Crippen LogP contribution in [-0.2, 0) is 6.54 Å². The number of hydrogen-bond acceptors (Lipinski definition) is 3. The summed E-state index contributed by atoms with van der Waals surface area (Å²) in [6.45, 7) is 2.91. The van der Waals surface area contributed by atoms with Crippen LogP contribution in [0.25, 0.3) is 0 Å². The second kappa shape index (κ2) is 5.42. The molecule has 1 aromatic rings. The van der Waals surface area contributed by atoms with Gasteiger partial charge in [0.15, 0.2) is 0 Å². The SMILES string of the molecule is O=C(O)N1CCN2Cc3ccc(Br)c(Cl)c3OC[C@H]2C1. The van der Waals surface area contributed by atoms with Crippen molar-refractivity contribution < 1.29 is 14.6 Å². The average molecular weight is 362 g/mol. The van der Waals surface area contributed by atoms with E-state index in [9.17, 15) is 4.79 Å². The molecular weight excluding hydrogens is 348 g/mol. The highest BCUT2D eigenvalue weighted by atomic mass is 79.9. The van der Waals surface area contributed by atoms with E-state index in [0.717, 1.165) is 16.6 Å². The average Bonchev–Trinajstić information content (AvgIpc) is 2.61. The van der Waals surface area contributed by atoms with Gasteiger partial charge in [-0.2, -0.15) is 0 Å². The van der Waals surface area contributed by atoms with Gasteiger partial charge >= 0.3 is 6.09 Å². The van der Waals surface area contributed by atoms with Gasteiger partial charge in [0.05, 0.1) is 11.1 Å². The summed E-state index contributed by atoms with van der Waals surface area (Å²) in [5, 5.41) is 9.67. The lowest BCUT2D eigenvalue weighted by molar-refractivity contribution is 0.0503. The smallest absolute Gasteiger partial charge is 0.407 e. The van der Waals surface area contributed by atoms with Crippen LogP contribution < -0.4 is 4.74 Å². The number of nitrogens with zero attached hydrogens (tertiary/aromatic N) is 2. The van der Waals surface area contributed by atoms with E-state index >= 15 is 0 Å². The quantitative estimate of drug-likeness (QED) is 0.772. The van der Waals surface area contributed by atoms with Gasteiger partial charge in [-0.15, -0.1) is 0 Å². The highest BCUT2D eigenvalue weighted by molar-refractivity contribution is 9.10. The molecule has 7 heteroatoms. The summed E-state index contributed by atoms with van der Waals surface area (Å²) in [7, 11) is 0. The summed E-state index contributed by atoms with van der Waals surface area (Å²) in [6.07, 6.45) is -0.868. The van der Waals surface area contributed by atoms with Crippen molar-refractivity contribution in [3.63, 3.8) is 0 Å².